The van der Waals surface area contributed by atoms with Crippen molar-refractivity contribution in [1.29, 1.82) is 5.26 Å². The van der Waals surface area contributed by atoms with E-state index in [1.165, 1.54) is 11.8 Å². The lowest BCUT2D eigenvalue weighted by molar-refractivity contribution is -0.0273. The van der Waals surface area contributed by atoms with Gasteiger partial charge in [0.1, 0.15) is 12.3 Å². The molecule has 2 fully saturated rings. The Hall–Kier alpha value is -3.83. The zero-order chi connectivity index (χ0) is 24.4. The molecule has 8 heteroatoms. The number of rotatable bonds is 7. The van der Waals surface area contributed by atoms with Gasteiger partial charge in [0.2, 0.25) is 0 Å². The number of nitrogens with zero attached hydrogens (tertiary/aromatic N) is 5. The fraction of sp³-hybridized carbons (Fsp3) is 0.296. The van der Waals surface area contributed by atoms with Crippen LogP contribution < -0.4 is 4.90 Å². The maximum Gasteiger partial charge on any atom is 0.159 e. The zero-order valence-corrected chi connectivity index (χ0v) is 19.4. The highest BCUT2D eigenvalue weighted by atomic mass is 19.2. The average Bonchev–Trinajstić information content (AvgIpc) is 2.83. The number of likely N-dealkylation sites (tertiary alicyclic amines) is 1. The Morgan fingerprint density at radius 2 is 1.83 bits per heavy atom. The average molecular weight is 474 g/mol. The van der Waals surface area contributed by atoms with Crippen molar-refractivity contribution in [1.82, 2.24) is 9.88 Å². The first kappa shape index (κ1) is 22.9. The van der Waals surface area contributed by atoms with Gasteiger partial charge < -0.3 is 9.74 Å². The van der Waals surface area contributed by atoms with Crippen LogP contribution in [0.5, 0.6) is 0 Å². The fourth-order valence-electron chi connectivity index (χ4n) is 4.84. The first-order valence-corrected chi connectivity index (χ1v) is 11.6. The SMILES string of the molecule is CCO/N=C(\c1ccc(F)c(F)c1)c1ccc(CN2CC3(C2)CN(c2ccc(C#N)cc2)C3)cn1. The lowest BCUT2D eigenvalue weighted by Crippen LogP contribution is -2.71. The third-order valence-corrected chi connectivity index (χ3v) is 6.48. The quantitative estimate of drug-likeness (QED) is 0.377. The summed E-state index contributed by atoms with van der Waals surface area (Å²) in [5.41, 5.74) is 4.55. The lowest BCUT2D eigenvalue weighted by Gasteiger charge is -2.61. The van der Waals surface area contributed by atoms with Gasteiger partial charge in [0.05, 0.1) is 17.3 Å². The van der Waals surface area contributed by atoms with Crippen LogP contribution in [0.15, 0.2) is 65.9 Å². The number of anilines is 1. The first-order chi connectivity index (χ1) is 17.0. The molecule has 0 radical (unpaired) electrons. The number of oxime groups is 1. The summed E-state index contributed by atoms with van der Waals surface area (Å²) in [6, 6.07) is 17.4. The topological polar surface area (TPSA) is 64.8 Å². The van der Waals surface area contributed by atoms with E-state index in [1.54, 1.807) is 13.1 Å². The van der Waals surface area contributed by atoms with E-state index in [9.17, 15) is 8.78 Å². The second-order valence-electron chi connectivity index (χ2n) is 9.20. The van der Waals surface area contributed by atoms with Crippen LogP contribution in [-0.4, -0.2) is 48.4 Å². The summed E-state index contributed by atoms with van der Waals surface area (Å²) in [5.74, 6) is -1.85. The number of pyridine rings is 1. The van der Waals surface area contributed by atoms with Crippen LogP contribution in [-0.2, 0) is 11.4 Å². The maximum atomic E-state index is 13.8. The van der Waals surface area contributed by atoms with Gasteiger partial charge in [-0.2, -0.15) is 5.26 Å². The van der Waals surface area contributed by atoms with Crippen molar-refractivity contribution in [3.63, 3.8) is 0 Å². The van der Waals surface area contributed by atoms with Gasteiger partial charge in [-0.25, -0.2) is 8.78 Å². The zero-order valence-electron chi connectivity index (χ0n) is 19.4. The van der Waals surface area contributed by atoms with Gasteiger partial charge >= 0.3 is 0 Å². The molecule has 1 spiro atoms. The molecule has 0 aliphatic carbocycles. The van der Waals surface area contributed by atoms with Crippen LogP contribution >= 0.6 is 0 Å². The second kappa shape index (κ2) is 9.43. The molecule has 0 bridgehead atoms. The van der Waals surface area contributed by atoms with Crippen LogP contribution in [0.25, 0.3) is 0 Å². The molecule has 1 aromatic heterocycles. The van der Waals surface area contributed by atoms with E-state index in [0.717, 1.165) is 50.4 Å². The van der Waals surface area contributed by atoms with Crippen molar-refractivity contribution in [3.05, 3.63) is 94.8 Å². The Labute approximate surface area is 203 Å². The molecule has 2 saturated heterocycles. The molecule has 2 aliphatic rings. The summed E-state index contributed by atoms with van der Waals surface area (Å²) in [4.78, 5) is 14.5. The number of hydrogen-bond donors (Lipinski definition) is 0. The van der Waals surface area contributed by atoms with Crippen molar-refractivity contribution in [2.24, 2.45) is 10.6 Å². The van der Waals surface area contributed by atoms with E-state index < -0.39 is 11.6 Å². The Morgan fingerprint density at radius 1 is 1.06 bits per heavy atom. The van der Waals surface area contributed by atoms with Crippen molar-refractivity contribution in [3.8, 4) is 6.07 Å². The van der Waals surface area contributed by atoms with Crippen LogP contribution in [0.3, 0.4) is 0 Å². The fourth-order valence-corrected chi connectivity index (χ4v) is 4.84. The summed E-state index contributed by atoms with van der Waals surface area (Å²) in [6.45, 7) is 7.07. The van der Waals surface area contributed by atoms with Crippen LogP contribution in [0, 0.1) is 28.4 Å². The minimum absolute atomic E-state index is 0.339. The predicted molar refractivity (Wildman–Crippen MR) is 129 cm³/mol. The highest BCUT2D eigenvalue weighted by Gasteiger charge is 2.51. The summed E-state index contributed by atoms with van der Waals surface area (Å²) in [6.07, 6.45) is 1.80. The monoisotopic (exact) mass is 473 g/mol. The molecule has 0 atom stereocenters. The molecular weight excluding hydrogens is 448 g/mol. The normalized spacial score (nSPS) is 17.0. The summed E-state index contributed by atoms with van der Waals surface area (Å²) in [7, 11) is 0. The smallest absolute Gasteiger partial charge is 0.159 e. The molecule has 2 aliphatic heterocycles. The van der Waals surface area contributed by atoms with Crippen molar-refractivity contribution >= 4 is 11.4 Å². The number of benzene rings is 2. The first-order valence-electron chi connectivity index (χ1n) is 11.6. The summed E-state index contributed by atoms with van der Waals surface area (Å²) >= 11 is 0. The molecule has 35 heavy (non-hydrogen) atoms. The molecule has 2 aromatic carbocycles. The molecule has 178 valence electrons. The van der Waals surface area contributed by atoms with Gasteiger partial charge in [0.15, 0.2) is 11.6 Å². The summed E-state index contributed by atoms with van der Waals surface area (Å²) in [5, 5.41) is 13.0. The second-order valence-corrected chi connectivity index (χ2v) is 9.20. The summed E-state index contributed by atoms with van der Waals surface area (Å²) < 4.78 is 27.1. The van der Waals surface area contributed by atoms with E-state index in [2.05, 4.69) is 26.0 Å². The third-order valence-electron chi connectivity index (χ3n) is 6.48. The van der Waals surface area contributed by atoms with E-state index in [-0.39, 0.29) is 0 Å². The van der Waals surface area contributed by atoms with Gasteiger partial charge in [0.25, 0.3) is 0 Å². The number of hydrogen-bond acceptors (Lipinski definition) is 6. The number of nitriles is 1. The largest absolute Gasteiger partial charge is 0.396 e. The van der Waals surface area contributed by atoms with Crippen molar-refractivity contribution < 1.29 is 13.6 Å². The molecule has 3 heterocycles. The Balaban J connectivity index is 1.18. The van der Waals surface area contributed by atoms with Crippen molar-refractivity contribution in [2.45, 2.75) is 13.5 Å². The van der Waals surface area contributed by atoms with Gasteiger partial charge in [-0.1, -0.05) is 11.2 Å². The van der Waals surface area contributed by atoms with Gasteiger partial charge in [0, 0.05) is 55.6 Å². The minimum atomic E-state index is -0.941. The number of aromatic nitrogens is 1. The highest BCUT2D eigenvalue weighted by Crippen LogP contribution is 2.42. The molecule has 5 rings (SSSR count). The third kappa shape index (κ3) is 4.73. The van der Waals surface area contributed by atoms with E-state index in [0.29, 0.717) is 34.6 Å². The van der Waals surface area contributed by atoms with E-state index in [1.807, 2.05) is 36.4 Å². The minimum Gasteiger partial charge on any atom is -0.396 e. The maximum absolute atomic E-state index is 13.8. The van der Waals surface area contributed by atoms with Crippen LogP contribution in [0.2, 0.25) is 0 Å². The molecule has 0 amide bonds. The highest BCUT2D eigenvalue weighted by molar-refractivity contribution is 6.11. The Kier molecular flexibility index (Phi) is 6.18. The van der Waals surface area contributed by atoms with Crippen LogP contribution in [0.4, 0.5) is 14.5 Å². The Morgan fingerprint density at radius 3 is 2.46 bits per heavy atom. The van der Waals surface area contributed by atoms with E-state index in [4.69, 9.17) is 10.1 Å². The lowest BCUT2D eigenvalue weighted by atomic mass is 9.72. The molecular formula is C27H25F2N5O. The number of halogens is 2. The molecule has 0 unspecified atom stereocenters. The molecule has 0 N–H and O–H groups in total. The molecule has 6 nitrogen and oxygen atoms in total. The Bertz CT molecular complexity index is 1270. The van der Waals surface area contributed by atoms with E-state index >= 15 is 0 Å². The molecule has 3 aromatic rings. The predicted octanol–water partition coefficient (Wildman–Crippen LogP) is 4.34. The standard InChI is InChI=1S/C27H25F2N5O/c1-2-35-32-26(21-6-9-23(28)24(29)11-21)25-10-5-20(13-31-25)14-33-15-27(16-33)17-34(18-27)22-7-3-19(12-30)4-8-22/h3-11,13H,2,14-18H2,1H3/b32-26+. The van der Waals surface area contributed by atoms with Gasteiger partial charge in [-0.3, -0.25) is 9.88 Å². The van der Waals surface area contributed by atoms with Gasteiger partial charge in [-0.05, 0) is 61.0 Å². The van der Waals surface area contributed by atoms with Crippen LogP contribution in [0.1, 0.15) is 29.3 Å². The van der Waals surface area contributed by atoms with Crippen molar-refractivity contribution in [2.75, 3.05) is 37.7 Å². The van der Waals surface area contributed by atoms with Gasteiger partial charge in [-0.15, -0.1) is 0 Å². The molecule has 0 saturated carbocycles.